The first kappa shape index (κ1) is 25.0. The summed E-state index contributed by atoms with van der Waals surface area (Å²) in [7, 11) is 0. The molecule has 4 unspecified atom stereocenters. The fourth-order valence-electron chi connectivity index (χ4n) is 2.76. The number of hydrogen-bond acceptors (Lipinski definition) is 2. The summed E-state index contributed by atoms with van der Waals surface area (Å²) >= 11 is 0. The van der Waals surface area contributed by atoms with E-state index in [0.29, 0.717) is 30.6 Å². The lowest BCUT2D eigenvalue weighted by atomic mass is 10.00. The quantitative estimate of drug-likeness (QED) is 0.295. The molecule has 2 nitrogen and oxygen atoms in total. The fourth-order valence-corrected chi connectivity index (χ4v) is 2.76. The molecule has 166 valence electrons. The highest BCUT2D eigenvalue weighted by Gasteiger charge is 2.64. The summed E-state index contributed by atoms with van der Waals surface area (Å²) < 4.78 is 137. The van der Waals surface area contributed by atoms with Crippen LogP contribution in [0.5, 0.6) is 0 Å². The molecule has 0 N–H and O–H groups in total. The van der Waals surface area contributed by atoms with Gasteiger partial charge in [0.25, 0.3) is 5.67 Å². The van der Waals surface area contributed by atoms with Crippen molar-refractivity contribution in [2.75, 3.05) is 26.3 Å². The van der Waals surface area contributed by atoms with Crippen molar-refractivity contribution in [3.05, 3.63) is 12.7 Å². The zero-order valence-electron chi connectivity index (χ0n) is 14.7. The van der Waals surface area contributed by atoms with Crippen LogP contribution in [0, 0.1) is 0 Å². The van der Waals surface area contributed by atoms with E-state index >= 15 is 0 Å². The lowest BCUT2D eigenvalue weighted by Gasteiger charge is -2.37. The molecule has 1 fully saturated rings. The molecule has 1 saturated heterocycles. The van der Waals surface area contributed by atoms with E-state index in [0.717, 1.165) is 0 Å². The molecular weight excluding hydrogens is 412 g/mol. The second-order valence-electron chi connectivity index (χ2n) is 6.67. The first-order chi connectivity index (χ1) is 12.7. The Bertz CT molecular complexity index is 503. The number of alkyl halides is 10. The van der Waals surface area contributed by atoms with Gasteiger partial charge in [-0.1, -0.05) is 19.4 Å². The third kappa shape index (κ3) is 5.74. The van der Waals surface area contributed by atoms with Crippen LogP contribution in [0.15, 0.2) is 12.7 Å². The van der Waals surface area contributed by atoms with Crippen molar-refractivity contribution in [3.63, 3.8) is 0 Å². The molecule has 0 aromatic heterocycles. The van der Waals surface area contributed by atoms with Gasteiger partial charge in [0.05, 0.1) is 13.2 Å². The van der Waals surface area contributed by atoms with Crippen molar-refractivity contribution in [1.82, 2.24) is 4.90 Å². The molecule has 1 rings (SSSR count). The van der Waals surface area contributed by atoms with Gasteiger partial charge in [-0.15, -0.1) is 0 Å². The molecule has 12 heteroatoms. The minimum atomic E-state index is -5.80. The Kier molecular flexibility index (Phi) is 8.20. The van der Waals surface area contributed by atoms with Gasteiger partial charge in [0.2, 0.25) is 6.17 Å². The van der Waals surface area contributed by atoms with Gasteiger partial charge in [0.15, 0.2) is 12.0 Å². The summed E-state index contributed by atoms with van der Waals surface area (Å²) in [5, 5.41) is 0. The first-order valence-electron chi connectivity index (χ1n) is 8.44. The molecule has 0 saturated carbocycles. The number of hydrogen-bond donors (Lipinski definition) is 0. The summed E-state index contributed by atoms with van der Waals surface area (Å²) in [6, 6.07) is 0. The van der Waals surface area contributed by atoms with Crippen LogP contribution in [0.4, 0.5) is 43.9 Å². The van der Waals surface area contributed by atoms with Gasteiger partial charge in [-0.2, -0.15) is 26.3 Å². The van der Waals surface area contributed by atoms with E-state index in [1.165, 1.54) is 0 Å². The van der Waals surface area contributed by atoms with Crippen LogP contribution < -0.4 is 0 Å². The second kappa shape index (κ2) is 9.19. The maximum absolute atomic E-state index is 14.6. The van der Waals surface area contributed by atoms with Gasteiger partial charge in [0.1, 0.15) is 0 Å². The predicted molar refractivity (Wildman–Crippen MR) is 80.6 cm³/mol. The summed E-state index contributed by atoms with van der Waals surface area (Å²) in [5.74, 6) is 0. The smallest absolute Gasteiger partial charge is 0.374 e. The van der Waals surface area contributed by atoms with Crippen molar-refractivity contribution in [3.8, 4) is 0 Å². The number of halogens is 10. The SMILES string of the molecule is C=CC(F)(COCC(F)(C(F)N1CCCCCC1)C(F)(F)F)C(F)C(F)(F)F. The van der Waals surface area contributed by atoms with Gasteiger partial charge in [-0.05, 0) is 18.9 Å². The Labute approximate surface area is 155 Å². The molecule has 28 heavy (non-hydrogen) atoms. The van der Waals surface area contributed by atoms with Crippen LogP contribution >= 0.6 is 0 Å². The lowest BCUT2D eigenvalue weighted by molar-refractivity contribution is -0.286. The summed E-state index contributed by atoms with van der Waals surface area (Å²) in [5.41, 5.74) is -8.59. The van der Waals surface area contributed by atoms with Crippen molar-refractivity contribution >= 4 is 0 Å². The van der Waals surface area contributed by atoms with Crippen LogP contribution in [-0.2, 0) is 4.74 Å². The molecule has 4 atom stereocenters. The van der Waals surface area contributed by atoms with Crippen LogP contribution in [0.25, 0.3) is 0 Å². The zero-order chi connectivity index (χ0) is 21.8. The molecule has 0 aliphatic carbocycles. The number of likely N-dealkylation sites (tertiary alicyclic amines) is 1. The number of ether oxygens (including phenoxy) is 1. The molecule has 0 aromatic carbocycles. The number of rotatable bonds is 8. The third-order valence-electron chi connectivity index (χ3n) is 4.49. The predicted octanol–water partition coefficient (Wildman–Crippen LogP) is 5.24. The van der Waals surface area contributed by atoms with Crippen LogP contribution in [0.2, 0.25) is 0 Å². The van der Waals surface area contributed by atoms with E-state index in [9.17, 15) is 43.9 Å². The van der Waals surface area contributed by atoms with Crippen molar-refractivity contribution in [1.29, 1.82) is 0 Å². The summed E-state index contributed by atoms with van der Waals surface area (Å²) in [6.07, 6.45) is -17.1. The normalized spacial score (nSPS) is 23.9. The molecule has 0 spiro atoms. The molecule has 0 bridgehead atoms. The molecule has 0 amide bonds. The lowest BCUT2D eigenvalue weighted by Crippen LogP contribution is -2.59. The topological polar surface area (TPSA) is 12.5 Å². The Balaban J connectivity index is 2.93. The van der Waals surface area contributed by atoms with Crippen molar-refractivity contribution < 1.29 is 48.6 Å². The van der Waals surface area contributed by atoms with Gasteiger partial charge in [-0.3, -0.25) is 4.90 Å². The van der Waals surface area contributed by atoms with E-state index in [1.807, 2.05) is 0 Å². The maximum atomic E-state index is 14.6. The largest absolute Gasteiger partial charge is 0.429 e. The van der Waals surface area contributed by atoms with E-state index in [4.69, 9.17) is 0 Å². The molecule has 0 radical (unpaired) electrons. The Morgan fingerprint density at radius 1 is 0.857 bits per heavy atom. The van der Waals surface area contributed by atoms with E-state index in [1.54, 1.807) is 0 Å². The van der Waals surface area contributed by atoms with Crippen LogP contribution in [-0.4, -0.2) is 67.4 Å². The molecule has 1 heterocycles. The minimum absolute atomic E-state index is 0.139. The van der Waals surface area contributed by atoms with Gasteiger partial charge in [0, 0.05) is 13.1 Å². The fraction of sp³-hybridized carbons (Fsp3) is 0.875. The molecule has 0 aromatic rings. The third-order valence-corrected chi connectivity index (χ3v) is 4.49. The summed E-state index contributed by atoms with van der Waals surface area (Å²) in [6.45, 7) is -1.74. The van der Waals surface area contributed by atoms with E-state index < -0.39 is 49.4 Å². The average molecular weight is 433 g/mol. The zero-order valence-corrected chi connectivity index (χ0v) is 14.7. The molecule has 1 aliphatic rings. The van der Waals surface area contributed by atoms with Gasteiger partial charge < -0.3 is 4.74 Å². The first-order valence-corrected chi connectivity index (χ1v) is 8.44. The van der Waals surface area contributed by atoms with Crippen molar-refractivity contribution in [2.45, 2.75) is 61.8 Å². The van der Waals surface area contributed by atoms with E-state index in [-0.39, 0.29) is 19.2 Å². The average Bonchev–Trinajstić information content (AvgIpc) is 2.87. The number of nitrogens with zero attached hydrogens (tertiary/aromatic N) is 1. The standard InChI is InChI=1S/C16H21F10NO/c1-2-13(19,11(17)15(21,22)23)9-28-10-14(20,16(24,25)26)12(18)27-7-5-3-4-6-8-27/h2,11-12H,1,3-10H2. The van der Waals surface area contributed by atoms with Crippen LogP contribution in [0.1, 0.15) is 25.7 Å². The second-order valence-corrected chi connectivity index (χ2v) is 6.67. The minimum Gasteiger partial charge on any atom is -0.374 e. The maximum Gasteiger partial charge on any atom is 0.429 e. The van der Waals surface area contributed by atoms with Gasteiger partial charge >= 0.3 is 12.4 Å². The molecular formula is C16H21F10NO. The highest BCUT2D eigenvalue weighted by molar-refractivity contribution is 5.05. The highest BCUT2D eigenvalue weighted by Crippen LogP contribution is 2.41. The van der Waals surface area contributed by atoms with Gasteiger partial charge in [-0.25, -0.2) is 17.6 Å². The monoisotopic (exact) mass is 433 g/mol. The Morgan fingerprint density at radius 2 is 1.36 bits per heavy atom. The summed E-state index contributed by atoms with van der Waals surface area (Å²) in [4.78, 5) is 0.619. The Hall–Kier alpha value is -1.04. The van der Waals surface area contributed by atoms with Crippen molar-refractivity contribution in [2.24, 2.45) is 0 Å². The Morgan fingerprint density at radius 3 is 1.75 bits per heavy atom. The van der Waals surface area contributed by atoms with E-state index in [2.05, 4.69) is 11.3 Å². The van der Waals surface area contributed by atoms with Crippen LogP contribution in [0.3, 0.4) is 0 Å². The highest BCUT2D eigenvalue weighted by atomic mass is 19.4. The molecule has 1 aliphatic heterocycles.